The fourth-order valence-corrected chi connectivity index (χ4v) is 2.82. The quantitative estimate of drug-likeness (QED) is 0.747. The molecule has 2 N–H and O–H groups in total. The van der Waals surface area contributed by atoms with E-state index in [4.69, 9.17) is 0 Å². The van der Waals surface area contributed by atoms with E-state index in [1.807, 2.05) is 6.92 Å². The third-order valence-corrected chi connectivity index (χ3v) is 4.12. The van der Waals surface area contributed by atoms with Crippen molar-refractivity contribution in [3.63, 3.8) is 0 Å². The van der Waals surface area contributed by atoms with Crippen LogP contribution in [-0.2, 0) is 0 Å². The lowest BCUT2D eigenvalue weighted by Crippen LogP contribution is -2.41. The number of aliphatic hydroxyl groups excluding tert-OH is 2. The summed E-state index contributed by atoms with van der Waals surface area (Å²) in [4.78, 5) is 2.27. The normalized spacial score (nSPS) is 26.5. The Bertz CT molecular complexity index is 208. The summed E-state index contributed by atoms with van der Waals surface area (Å²) in [5.74, 6) is 1.70. The maximum atomic E-state index is 9.29. The third-order valence-electron chi connectivity index (χ3n) is 4.12. The van der Waals surface area contributed by atoms with Crippen molar-refractivity contribution in [3.05, 3.63) is 0 Å². The van der Waals surface area contributed by atoms with Gasteiger partial charge in [-0.25, -0.2) is 0 Å². The summed E-state index contributed by atoms with van der Waals surface area (Å²) in [6, 6.07) is 0. The minimum Gasteiger partial charge on any atom is -0.396 e. The lowest BCUT2D eigenvalue weighted by Gasteiger charge is -2.34. The van der Waals surface area contributed by atoms with Crippen molar-refractivity contribution in [3.8, 4) is 0 Å². The van der Waals surface area contributed by atoms with Gasteiger partial charge >= 0.3 is 0 Å². The molecule has 0 atom stereocenters. The highest BCUT2D eigenvalue weighted by atomic mass is 16.3. The molecule has 3 nitrogen and oxygen atoms in total. The summed E-state index contributed by atoms with van der Waals surface area (Å²) < 4.78 is 0. The Hall–Kier alpha value is -0.120. The summed E-state index contributed by atoms with van der Waals surface area (Å²) >= 11 is 0. The largest absolute Gasteiger partial charge is 0.396 e. The molecule has 0 aromatic carbocycles. The summed E-state index contributed by atoms with van der Waals surface area (Å²) in [6.07, 6.45) is 5.38. The van der Waals surface area contributed by atoms with Gasteiger partial charge < -0.3 is 15.1 Å². The Morgan fingerprint density at radius 1 is 1.12 bits per heavy atom. The molecule has 1 saturated carbocycles. The van der Waals surface area contributed by atoms with Gasteiger partial charge in [0.1, 0.15) is 0 Å². The van der Waals surface area contributed by atoms with Crippen LogP contribution in [0.2, 0.25) is 0 Å². The predicted octanol–water partition coefficient (Wildman–Crippen LogP) is 1.74. The maximum absolute atomic E-state index is 9.29. The van der Waals surface area contributed by atoms with Gasteiger partial charge in [-0.05, 0) is 31.7 Å². The SMILES string of the molecule is CC1CCC(CN(C)CC(C)(CO)CO)CC1. The van der Waals surface area contributed by atoms with Gasteiger partial charge in [0.05, 0.1) is 13.2 Å². The molecule has 102 valence electrons. The zero-order valence-corrected chi connectivity index (χ0v) is 11.7. The van der Waals surface area contributed by atoms with Gasteiger partial charge in [-0.15, -0.1) is 0 Å². The Morgan fingerprint density at radius 2 is 1.65 bits per heavy atom. The van der Waals surface area contributed by atoms with Crippen molar-refractivity contribution in [2.75, 3.05) is 33.4 Å². The first-order chi connectivity index (χ1) is 7.99. The lowest BCUT2D eigenvalue weighted by atomic mass is 9.82. The minimum absolute atomic E-state index is 0.0511. The van der Waals surface area contributed by atoms with Crippen LogP contribution in [0.25, 0.3) is 0 Å². The number of rotatable bonds is 6. The second kappa shape index (κ2) is 6.72. The highest BCUT2D eigenvalue weighted by Crippen LogP contribution is 2.29. The number of hydrogen-bond acceptors (Lipinski definition) is 3. The van der Waals surface area contributed by atoms with Crippen LogP contribution in [0.4, 0.5) is 0 Å². The molecule has 17 heavy (non-hydrogen) atoms. The second-order valence-corrected chi connectivity index (χ2v) is 6.45. The van der Waals surface area contributed by atoms with Gasteiger partial charge in [0.2, 0.25) is 0 Å². The van der Waals surface area contributed by atoms with Crippen molar-refractivity contribution in [1.82, 2.24) is 4.90 Å². The smallest absolute Gasteiger partial charge is 0.0519 e. The molecule has 0 aromatic rings. The molecule has 0 aromatic heterocycles. The highest BCUT2D eigenvalue weighted by Gasteiger charge is 2.26. The van der Waals surface area contributed by atoms with Gasteiger partial charge in [-0.3, -0.25) is 0 Å². The molecule has 0 bridgehead atoms. The fraction of sp³-hybridized carbons (Fsp3) is 1.00. The van der Waals surface area contributed by atoms with E-state index in [0.717, 1.165) is 24.9 Å². The summed E-state index contributed by atoms with van der Waals surface area (Å²) in [5.41, 5.74) is -0.364. The van der Waals surface area contributed by atoms with E-state index in [9.17, 15) is 10.2 Å². The van der Waals surface area contributed by atoms with Gasteiger partial charge in [0.15, 0.2) is 0 Å². The predicted molar refractivity (Wildman–Crippen MR) is 70.9 cm³/mol. The van der Waals surface area contributed by atoms with Crippen LogP contribution in [0.5, 0.6) is 0 Å². The summed E-state index contributed by atoms with van der Waals surface area (Å²) in [7, 11) is 2.10. The first kappa shape index (κ1) is 14.9. The average Bonchev–Trinajstić information content (AvgIpc) is 2.32. The molecular weight excluding hydrogens is 214 g/mol. The number of aliphatic hydroxyl groups is 2. The Morgan fingerprint density at radius 3 is 2.12 bits per heavy atom. The first-order valence-corrected chi connectivity index (χ1v) is 6.89. The molecule has 1 aliphatic rings. The van der Waals surface area contributed by atoms with Crippen LogP contribution in [-0.4, -0.2) is 48.5 Å². The van der Waals surface area contributed by atoms with Crippen molar-refractivity contribution in [2.24, 2.45) is 17.3 Å². The van der Waals surface area contributed by atoms with Crippen LogP contribution in [0.1, 0.15) is 39.5 Å². The summed E-state index contributed by atoms with van der Waals surface area (Å²) in [5, 5.41) is 18.6. The van der Waals surface area contributed by atoms with Crippen LogP contribution in [0, 0.1) is 17.3 Å². The van der Waals surface area contributed by atoms with Crippen LogP contribution in [0.15, 0.2) is 0 Å². The molecule has 0 unspecified atom stereocenters. The number of hydrogen-bond donors (Lipinski definition) is 2. The standard InChI is InChI=1S/C14H29NO2/c1-12-4-6-13(7-5-12)8-15(3)9-14(2,10-16)11-17/h12-13,16-17H,4-11H2,1-3H3. The Kier molecular flexibility index (Phi) is 5.90. The zero-order valence-electron chi connectivity index (χ0n) is 11.7. The van der Waals surface area contributed by atoms with Crippen LogP contribution >= 0.6 is 0 Å². The van der Waals surface area contributed by atoms with Crippen LogP contribution < -0.4 is 0 Å². The molecule has 3 heteroatoms. The molecule has 0 heterocycles. The molecule has 0 radical (unpaired) electrons. The minimum atomic E-state index is -0.364. The van der Waals surface area contributed by atoms with E-state index < -0.39 is 0 Å². The molecule has 0 aliphatic heterocycles. The molecule has 1 fully saturated rings. The molecule has 0 spiro atoms. The average molecular weight is 243 g/mol. The Labute approximate surface area is 106 Å². The Balaban J connectivity index is 2.31. The van der Waals surface area contributed by atoms with E-state index in [1.54, 1.807) is 0 Å². The topological polar surface area (TPSA) is 43.7 Å². The van der Waals surface area contributed by atoms with Crippen molar-refractivity contribution >= 4 is 0 Å². The number of nitrogens with zero attached hydrogens (tertiary/aromatic N) is 1. The molecule has 1 aliphatic carbocycles. The van der Waals surface area contributed by atoms with Gasteiger partial charge in [-0.1, -0.05) is 26.7 Å². The van der Waals surface area contributed by atoms with E-state index in [2.05, 4.69) is 18.9 Å². The monoisotopic (exact) mass is 243 g/mol. The van der Waals surface area contributed by atoms with Crippen molar-refractivity contribution < 1.29 is 10.2 Å². The second-order valence-electron chi connectivity index (χ2n) is 6.45. The summed E-state index contributed by atoms with van der Waals surface area (Å²) in [6.45, 7) is 6.25. The van der Waals surface area contributed by atoms with Crippen LogP contribution in [0.3, 0.4) is 0 Å². The first-order valence-electron chi connectivity index (χ1n) is 6.89. The zero-order chi connectivity index (χ0) is 12.9. The molecule has 0 amide bonds. The fourth-order valence-electron chi connectivity index (χ4n) is 2.82. The van der Waals surface area contributed by atoms with E-state index >= 15 is 0 Å². The van der Waals surface area contributed by atoms with Gasteiger partial charge in [0, 0.05) is 18.5 Å². The lowest BCUT2D eigenvalue weighted by molar-refractivity contribution is 0.0361. The molecule has 1 rings (SSSR count). The van der Waals surface area contributed by atoms with E-state index in [1.165, 1.54) is 25.7 Å². The van der Waals surface area contributed by atoms with E-state index in [0.29, 0.717) is 0 Å². The highest BCUT2D eigenvalue weighted by molar-refractivity contribution is 4.78. The maximum Gasteiger partial charge on any atom is 0.0519 e. The van der Waals surface area contributed by atoms with Gasteiger partial charge in [-0.2, -0.15) is 0 Å². The molecular formula is C14H29NO2. The van der Waals surface area contributed by atoms with Crippen molar-refractivity contribution in [1.29, 1.82) is 0 Å². The van der Waals surface area contributed by atoms with Crippen molar-refractivity contribution in [2.45, 2.75) is 39.5 Å². The molecule has 0 saturated heterocycles. The van der Waals surface area contributed by atoms with E-state index in [-0.39, 0.29) is 18.6 Å². The van der Waals surface area contributed by atoms with Gasteiger partial charge in [0.25, 0.3) is 0 Å². The third kappa shape index (κ3) is 4.94.